The van der Waals surface area contributed by atoms with Gasteiger partial charge in [-0.15, -0.1) is 0 Å². The summed E-state index contributed by atoms with van der Waals surface area (Å²) in [5, 5.41) is 28.9. The summed E-state index contributed by atoms with van der Waals surface area (Å²) in [5.74, 6) is -3.52. The van der Waals surface area contributed by atoms with Crippen LogP contribution in [0.1, 0.15) is 137 Å². The van der Waals surface area contributed by atoms with Crippen molar-refractivity contribution in [3.63, 3.8) is 0 Å². The first-order valence-corrected chi connectivity index (χ1v) is 14.8. The molecular weight excluding hydrogens is 470 g/mol. The van der Waals surface area contributed by atoms with Crippen LogP contribution in [0, 0.1) is 0 Å². The third kappa shape index (κ3) is 14.0. The number of carbonyl (C=O) groups is 3. The van der Waals surface area contributed by atoms with E-state index in [0.29, 0.717) is 6.42 Å². The molecule has 216 valence electrons. The van der Waals surface area contributed by atoms with Crippen molar-refractivity contribution in [3.05, 3.63) is 12.2 Å². The van der Waals surface area contributed by atoms with Crippen molar-refractivity contribution in [2.45, 2.75) is 155 Å². The number of quaternary nitrogens is 1. The zero-order valence-corrected chi connectivity index (χ0v) is 24.1. The van der Waals surface area contributed by atoms with Gasteiger partial charge in [-0.1, -0.05) is 89.7 Å². The van der Waals surface area contributed by atoms with Crippen LogP contribution < -0.4 is 0 Å². The van der Waals surface area contributed by atoms with Crippen LogP contribution >= 0.6 is 0 Å². The number of hydrogen-bond acceptors (Lipinski definition) is 3. The van der Waals surface area contributed by atoms with Crippen molar-refractivity contribution in [1.82, 2.24) is 0 Å². The van der Waals surface area contributed by atoms with E-state index < -0.39 is 40.5 Å². The molecule has 0 aromatic heterocycles. The fourth-order valence-electron chi connectivity index (χ4n) is 5.37. The van der Waals surface area contributed by atoms with Gasteiger partial charge in [-0.3, -0.25) is 4.48 Å². The average molecular weight is 527 g/mol. The third-order valence-electron chi connectivity index (χ3n) is 8.04. The van der Waals surface area contributed by atoms with Crippen molar-refractivity contribution in [2.75, 3.05) is 6.54 Å². The molecular formula is C30H56NO6+. The molecule has 0 bridgehead atoms. The maximum absolute atomic E-state index is 11.8. The lowest BCUT2D eigenvalue weighted by Gasteiger charge is -2.47. The third-order valence-corrected chi connectivity index (χ3v) is 8.04. The van der Waals surface area contributed by atoms with E-state index in [2.05, 4.69) is 19.1 Å². The fourth-order valence-corrected chi connectivity index (χ4v) is 5.37. The Morgan fingerprint density at radius 2 is 0.838 bits per heavy atom. The second-order valence-electron chi connectivity index (χ2n) is 10.8. The second-order valence-corrected chi connectivity index (χ2v) is 10.8. The summed E-state index contributed by atoms with van der Waals surface area (Å²) in [5.41, 5.74) is 0. The molecule has 3 atom stereocenters. The number of allylic oxidation sites excluding steroid dienone is 2. The molecule has 0 spiro atoms. The van der Waals surface area contributed by atoms with Crippen molar-refractivity contribution >= 4 is 17.9 Å². The fraction of sp³-hybridized carbons (Fsp3) is 0.833. The summed E-state index contributed by atoms with van der Waals surface area (Å²) in [7, 11) is 0. The molecule has 37 heavy (non-hydrogen) atoms. The Balaban J connectivity index is 4.17. The van der Waals surface area contributed by atoms with Gasteiger partial charge in [-0.2, -0.15) is 0 Å². The van der Waals surface area contributed by atoms with Crippen LogP contribution in [0.4, 0.5) is 0 Å². The molecule has 7 heteroatoms. The van der Waals surface area contributed by atoms with Crippen LogP contribution in [0.25, 0.3) is 0 Å². The highest BCUT2D eigenvalue weighted by atomic mass is 16.4. The summed E-state index contributed by atoms with van der Waals surface area (Å²) in [4.78, 5) is 35.4. The Hall–Kier alpha value is -1.89. The van der Waals surface area contributed by atoms with Crippen molar-refractivity contribution < 1.29 is 34.2 Å². The summed E-state index contributed by atoms with van der Waals surface area (Å²) >= 11 is 0. The number of carboxylic acids is 3. The van der Waals surface area contributed by atoms with E-state index in [-0.39, 0.29) is 6.54 Å². The van der Waals surface area contributed by atoms with Crippen LogP contribution in [-0.4, -0.2) is 62.4 Å². The van der Waals surface area contributed by atoms with E-state index in [1.54, 1.807) is 0 Å². The van der Waals surface area contributed by atoms with E-state index in [1.807, 2.05) is 0 Å². The van der Waals surface area contributed by atoms with Gasteiger partial charge in [0.15, 0.2) is 18.1 Å². The average Bonchev–Trinajstić information content (AvgIpc) is 2.86. The highest BCUT2D eigenvalue weighted by Crippen LogP contribution is 2.27. The Morgan fingerprint density at radius 3 is 1.16 bits per heavy atom. The maximum atomic E-state index is 11.8. The molecule has 0 aliphatic rings. The summed E-state index contributed by atoms with van der Waals surface area (Å²) in [6.45, 7) is 6.74. The molecule has 3 unspecified atom stereocenters. The van der Waals surface area contributed by atoms with Gasteiger partial charge in [0.1, 0.15) is 0 Å². The molecule has 0 heterocycles. The van der Waals surface area contributed by atoms with E-state index in [9.17, 15) is 29.7 Å². The monoisotopic (exact) mass is 526 g/mol. The number of unbranched alkanes of at least 4 members (excludes halogenated alkanes) is 15. The lowest BCUT2D eigenvalue weighted by atomic mass is 10.00. The molecule has 0 aromatic rings. The van der Waals surface area contributed by atoms with Gasteiger partial charge in [-0.05, 0) is 59.3 Å². The summed E-state index contributed by atoms with van der Waals surface area (Å²) in [6.07, 6.45) is 24.9. The Morgan fingerprint density at radius 1 is 0.541 bits per heavy atom. The zero-order chi connectivity index (χ0) is 28.1. The molecule has 0 rings (SSSR count). The SMILES string of the molecule is CCCCCCCCCC/C=C/CCCCCCCCC[N+](C(C)C(=O)O)(C(C)C(=O)O)C(C)C(=O)O. The standard InChI is InChI=1S/C30H55NO6/c1-5-6-7-8-9-10-11-12-13-14-15-16-17-18-19-20-21-22-23-24-31(25(2)28(32)33,26(3)29(34)35)27(4)30(36)37/h14-15,25-27H,5-13,16-24H2,1-4H3,(H2-,32,33,34,35,36,37)/p+1/b15-14+. The van der Waals surface area contributed by atoms with Gasteiger partial charge in [0.2, 0.25) is 0 Å². The van der Waals surface area contributed by atoms with Crippen LogP contribution in [0.15, 0.2) is 12.2 Å². The van der Waals surface area contributed by atoms with Crippen LogP contribution in [0.3, 0.4) is 0 Å². The van der Waals surface area contributed by atoms with E-state index in [0.717, 1.165) is 32.1 Å². The maximum Gasteiger partial charge on any atom is 0.362 e. The van der Waals surface area contributed by atoms with E-state index >= 15 is 0 Å². The topological polar surface area (TPSA) is 112 Å². The Bertz CT molecular complexity index is 612. The molecule has 3 N–H and O–H groups in total. The predicted molar refractivity (Wildman–Crippen MR) is 150 cm³/mol. The number of hydrogen-bond donors (Lipinski definition) is 3. The number of rotatable bonds is 25. The first-order valence-electron chi connectivity index (χ1n) is 14.8. The smallest absolute Gasteiger partial charge is 0.362 e. The molecule has 0 saturated carbocycles. The molecule has 0 aromatic carbocycles. The van der Waals surface area contributed by atoms with Gasteiger partial charge < -0.3 is 15.3 Å². The van der Waals surface area contributed by atoms with Crippen molar-refractivity contribution in [1.29, 1.82) is 0 Å². The highest BCUT2D eigenvalue weighted by molar-refractivity contribution is 5.77. The second kappa shape index (κ2) is 21.1. The van der Waals surface area contributed by atoms with Crippen LogP contribution in [0.2, 0.25) is 0 Å². The minimum Gasteiger partial charge on any atom is -0.477 e. The number of carboxylic acid groups (broad SMARTS) is 3. The Kier molecular flexibility index (Phi) is 20.0. The molecule has 0 aliphatic carbocycles. The normalized spacial score (nSPS) is 15.8. The van der Waals surface area contributed by atoms with Gasteiger partial charge in [-0.25, -0.2) is 14.4 Å². The lowest BCUT2D eigenvalue weighted by molar-refractivity contribution is -0.968. The summed E-state index contributed by atoms with van der Waals surface area (Å²) < 4.78 is -0.481. The highest BCUT2D eigenvalue weighted by Gasteiger charge is 2.52. The molecule has 7 nitrogen and oxygen atoms in total. The first-order chi connectivity index (χ1) is 17.6. The first kappa shape index (κ1) is 35.1. The number of nitrogens with zero attached hydrogens (tertiary/aromatic N) is 1. The quantitative estimate of drug-likeness (QED) is 0.0648. The van der Waals surface area contributed by atoms with Crippen molar-refractivity contribution in [3.8, 4) is 0 Å². The Labute approximate surface area is 225 Å². The van der Waals surface area contributed by atoms with Gasteiger partial charge in [0.25, 0.3) is 0 Å². The lowest BCUT2D eigenvalue weighted by Crippen LogP contribution is -2.70. The molecule has 0 fully saturated rings. The van der Waals surface area contributed by atoms with Crippen LogP contribution in [0.5, 0.6) is 0 Å². The predicted octanol–water partition coefficient (Wildman–Crippen LogP) is 7.43. The number of aliphatic carboxylic acids is 3. The summed E-state index contributed by atoms with van der Waals surface area (Å²) in [6, 6.07) is -3.37. The van der Waals surface area contributed by atoms with Crippen molar-refractivity contribution in [2.24, 2.45) is 0 Å². The van der Waals surface area contributed by atoms with Gasteiger partial charge in [0.05, 0.1) is 6.54 Å². The van der Waals surface area contributed by atoms with Gasteiger partial charge >= 0.3 is 17.9 Å². The minimum atomic E-state index is -1.17. The zero-order valence-electron chi connectivity index (χ0n) is 24.1. The van der Waals surface area contributed by atoms with E-state index in [1.165, 1.54) is 91.4 Å². The molecule has 0 radical (unpaired) electrons. The van der Waals surface area contributed by atoms with E-state index in [4.69, 9.17) is 0 Å². The van der Waals surface area contributed by atoms with Gasteiger partial charge in [0, 0.05) is 0 Å². The molecule has 0 aliphatic heterocycles. The molecule has 0 amide bonds. The minimum absolute atomic E-state index is 0.220. The largest absolute Gasteiger partial charge is 0.477 e. The van der Waals surface area contributed by atoms with Crippen LogP contribution in [-0.2, 0) is 14.4 Å². The molecule has 0 saturated heterocycles.